The molecular formula is C12H16N3+. The molecule has 3 nitrogen and oxygen atoms in total. The quantitative estimate of drug-likeness (QED) is 0.545. The summed E-state index contributed by atoms with van der Waals surface area (Å²) in [6, 6.07) is 3.94. The Bertz CT molecular complexity index is 385. The molecule has 0 amide bonds. The van der Waals surface area contributed by atoms with Gasteiger partial charge in [-0.3, -0.25) is 4.98 Å². The number of hydrogen-bond donors (Lipinski definition) is 0. The lowest BCUT2D eigenvalue weighted by atomic mass is 10.1. The van der Waals surface area contributed by atoms with Gasteiger partial charge in [0.2, 0.25) is 0 Å². The molecule has 0 fully saturated rings. The second-order valence-corrected chi connectivity index (χ2v) is 3.32. The van der Waals surface area contributed by atoms with Gasteiger partial charge in [0.1, 0.15) is 0 Å². The van der Waals surface area contributed by atoms with E-state index in [2.05, 4.69) is 9.65 Å². The van der Waals surface area contributed by atoms with Crippen molar-refractivity contribution in [3.8, 4) is 0 Å². The van der Waals surface area contributed by atoms with Crippen LogP contribution in [0.3, 0.4) is 0 Å². The Balaban J connectivity index is 3.08. The summed E-state index contributed by atoms with van der Waals surface area (Å²) >= 11 is 0. The summed E-state index contributed by atoms with van der Waals surface area (Å²) in [5, 5.41) is 0. The molecule has 15 heavy (non-hydrogen) atoms. The molecule has 0 bridgehead atoms. The Morgan fingerprint density at radius 2 is 2.00 bits per heavy atom. The van der Waals surface area contributed by atoms with Crippen LogP contribution in [0.15, 0.2) is 30.7 Å². The Labute approximate surface area is 90.5 Å². The molecule has 0 atom stereocenters. The second kappa shape index (κ2) is 5.78. The van der Waals surface area contributed by atoms with Gasteiger partial charge in [-0.2, -0.15) is 0 Å². The lowest BCUT2D eigenvalue weighted by molar-refractivity contribution is 0.566. The average molecular weight is 202 g/mol. The minimum Gasteiger partial charge on any atom is -0.383 e. The number of rotatable bonds is 3. The lowest BCUT2D eigenvalue weighted by Crippen LogP contribution is -2.04. The van der Waals surface area contributed by atoms with Crippen LogP contribution >= 0.6 is 0 Å². The zero-order valence-electron chi connectivity index (χ0n) is 9.38. The van der Waals surface area contributed by atoms with E-state index < -0.39 is 0 Å². The molecule has 0 aromatic carbocycles. The molecule has 0 aliphatic carbocycles. The van der Waals surface area contributed by atoms with Crippen molar-refractivity contribution < 1.29 is 0 Å². The maximum atomic E-state index is 4.14. The van der Waals surface area contributed by atoms with Crippen LogP contribution in [0.1, 0.15) is 12.5 Å². The third kappa shape index (κ3) is 3.79. The minimum absolute atomic E-state index is 1.07. The van der Waals surface area contributed by atoms with E-state index in [1.165, 1.54) is 0 Å². The third-order valence-corrected chi connectivity index (χ3v) is 1.77. The van der Waals surface area contributed by atoms with Gasteiger partial charge >= 0.3 is 6.21 Å². The van der Waals surface area contributed by atoms with Gasteiger partial charge in [-0.1, -0.05) is 0 Å². The second-order valence-electron chi connectivity index (χ2n) is 3.32. The van der Waals surface area contributed by atoms with Gasteiger partial charge in [0.05, 0.1) is 5.57 Å². The summed E-state index contributed by atoms with van der Waals surface area (Å²) in [4.78, 5) is 5.99. The average Bonchev–Trinajstić information content (AvgIpc) is 2.25. The van der Waals surface area contributed by atoms with Crippen molar-refractivity contribution in [1.82, 2.24) is 14.6 Å². The zero-order valence-corrected chi connectivity index (χ0v) is 9.38. The number of pyridine rings is 1. The van der Waals surface area contributed by atoms with Crippen molar-refractivity contribution in [2.24, 2.45) is 0 Å². The van der Waals surface area contributed by atoms with Crippen molar-refractivity contribution in [2.45, 2.75) is 6.92 Å². The number of aromatic nitrogens is 1. The fourth-order valence-electron chi connectivity index (χ4n) is 1.16. The first-order valence-corrected chi connectivity index (χ1v) is 4.83. The van der Waals surface area contributed by atoms with E-state index in [9.17, 15) is 0 Å². The van der Waals surface area contributed by atoms with Crippen LogP contribution in [0.25, 0.3) is 5.57 Å². The van der Waals surface area contributed by atoms with E-state index in [0.717, 1.165) is 11.1 Å². The Kier molecular flexibility index (Phi) is 4.32. The molecule has 0 unspecified atom stereocenters. The smallest absolute Gasteiger partial charge is 0.301 e. The highest BCUT2D eigenvalue weighted by molar-refractivity contribution is 6.09. The van der Waals surface area contributed by atoms with E-state index in [4.69, 9.17) is 0 Å². The first-order valence-electron chi connectivity index (χ1n) is 4.83. The Hall–Kier alpha value is -1.86. The van der Waals surface area contributed by atoms with Crippen LogP contribution in [0.2, 0.25) is 0 Å². The van der Waals surface area contributed by atoms with Crippen LogP contribution in [-0.2, 0) is 0 Å². The monoisotopic (exact) mass is 202 g/mol. The molecule has 1 aromatic heterocycles. The fraction of sp³-hybridized carbons (Fsp3) is 0.250. The minimum atomic E-state index is 1.07. The van der Waals surface area contributed by atoms with Crippen molar-refractivity contribution in [2.75, 3.05) is 14.1 Å². The van der Waals surface area contributed by atoms with E-state index in [0.29, 0.717) is 0 Å². The van der Waals surface area contributed by atoms with Gasteiger partial charge in [0.15, 0.2) is 0 Å². The van der Waals surface area contributed by atoms with Crippen LogP contribution in [0.5, 0.6) is 0 Å². The van der Waals surface area contributed by atoms with E-state index in [1.807, 2.05) is 50.5 Å². The summed E-state index contributed by atoms with van der Waals surface area (Å²) in [6.45, 7) is 1.90. The predicted octanol–water partition coefficient (Wildman–Crippen LogP) is 1.21. The molecule has 0 spiro atoms. The molecular weight excluding hydrogens is 186 g/mol. The molecule has 1 rings (SSSR count). The van der Waals surface area contributed by atoms with Gasteiger partial charge < -0.3 is 4.90 Å². The third-order valence-electron chi connectivity index (χ3n) is 1.77. The van der Waals surface area contributed by atoms with Crippen molar-refractivity contribution in [1.29, 1.82) is 0 Å². The van der Waals surface area contributed by atoms with E-state index in [1.54, 1.807) is 18.6 Å². The first-order chi connectivity index (χ1) is 7.24. The lowest BCUT2D eigenvalue weighted by Gasteiger charge is -2.05. The summed E-state index contributed by atoms with van der Waals surface area (Å²) in [5.74, 6) is 0. The van der Waals surface area contributed by atoms with Gasteiger partial charge in [0, 0.05) is 39.6 Å². The number of nitrogens with zero attached hydrogens (tertiary/aromatic N) is 3. The molecule has 0 saturated carbocycles. The maximum Gasteiger partial charge on any atom is 0.301 e. The Morgan fingerprint density at radius 1 is 1.33 bits per heavy atom. The molecule has 3 heteroatoms. The zero-order chi connectivity index (χ0) is 11.1. The molecule has 0 aliphatic heterocycles. The summed E-state index contributed by atoms with van der Waals surface area (Å²) in [7, 11) is 3.98. The topological polar surface area (TPSA) is 30.2 Å². The van der Waals surface area contributed by atoms with Crippen LogP contribution in [0.4, 0.5) is 0 Å². The summed E-state index contributed by atoms with van der Waals surface area (Å²) in [5.41, 5.74) is 2.19. The molecule has 0 saturated heterocycles. The molecule has 1 heterocycles. The van der Waals surface area contributed by atoms with Crippen molar-refractivity contribution >= 4 is 18.0 Å². The predicted molar refractivity (Wildman–Crippen MR) is 65.8 cm³/mol. The van der Waals surface area contributed by atoms with Crippen LogP contribution in [-0.4, -0.2) is 36.4 Å². The van der Waals surface area contributed by atoms with Gasteiger partial charge in [-0.05, 0) is 17.7 Å². The van der Waals surface area contributed by atoms with Gasteiger partial charge in [-0.25, -0.2) is 0 Å². The number of allylic oxidation sites excluding steroid dienone is 1. The standard InChI is InChI=1S/C12H16N3/c1-4-13-9-12(10-15(2)3)11-5-7-14-8-6-11/h4-10H,1-3H3/q+1. The SMILES string of the molecule is CC=[N+]=CC(=CN(C)C)c1ccncc1. The van der Waals surface area contributed by atoms with Gasteiger partial charge in [0.25, 0.3) is 6.21 Å². The van der Waals surface area contributed by atoms with Crippen LogP contribution in [0, 0.1) is 0 Å². The maximum absolute atomic E-state index is 4.14. The van der Waals surface area contributed by atoms with E-state index >= 15 is 0 Å². The molecule has 78 valence electrons. The highest BCUT2D eigenvalue weighted by atomic mass is 15.0. The highest BCUT2D eigenvalue weighted by Gasteiger charge is 2.02. The molecule has 1 aromatic rings. The highest BCUT2D eigenvalue weighted by Crippen LogP contribution is 2.10. The fourth-order valence-corrected chi connectivity index (χ4v) is 1.16. The molecule has 0 radical (unpaired) electrons. The Morgan fingerprint density at radius 3 is 2.53 bits per heavy atom. The van der Waals surface area contributed by atoms with Crippen LogP contribution < -0.4 is 4.67 Å². The van der Waals surface area contributed by atoms with Gasteiger partial charge in [-0.15, -0.1) is 4.67 Å². The molecule has 0 aliphatic rings. The summed E-state index contributed by atoms with van der Waals surface area (Å²) in [6.07, 6.45) is 9.20. The molecule has 0 N–H and O–H groups in total. The van der Waals surface area contributed by atoms with Crippen molar-refractivity contribution in [3.63, 3.8) is 0 Å². The normalized spacial score (nSPS) is 10.5. The van der Waals surface area contributed by atoms with E-state index in [-0.39, 0.29) is 0 Å². The summed E-state index contributed by atoms with van der Waals surface area (Å²) < 4.78 is 4.14. The van der Waals surface area contributed by atoms with Crippen molar-refractivity contribution in [3.05, 3.63) is 36.3 Å². The number of hydrogen-bond acceptors (Lipinski definition) is 2. The first kappa shape index (κ1) is 11.2. The largest absolute Gasteiger partial charge is 0.383 e.